The predicted octanol–water partition coefficient (Wildman–Crippen LogP) is 3.40. The van der Waals surface area contributed by atoms with E-state index in [1.54, 1.807) is 0 Å². The number of nitriles is 1. The molecule has 0 unspecified atom stereocenters. The number of halogens is 1. The molecule has 0 heterocycles. The van der Waals surface area contributed by atoms with Gasteiger partial charge in [-0.25, -0.2) is 4.39 Å². The average molecular weight is 221 g/mol. The van der Waals surface area contributed by atoms with E-state index in [4.69, 9.17) is 10.00 Å². The molecule has 86 valence electrons. The molecular formula is C13H16FNO. The van der Waals surface area contributed by atoms with E-state index in [0.29, 0.717) is 24.3 Å². The Labute approximate surface area is 95.7 Å². The summed E-state index contributed by atoms with van der Waals surface area (Å²) < 4.78 is 18.3. The highest BCUT2D eigenvalue weighted by atomic mass is 19.1. The largest absolute Gasteiger partial charge is 0.377 e. The molecule has 0 aliphatic rings. The molecule has 1 aromatic carbocycles. The number of unbranched alkanes of at least 4 members (excludes halogenated alkanes) is 2. The number of benzene rings is 1. The molecule has 1 aromatic rings. The molecule has 2 nitrogen and oxygen atoms in total. The van der Waals surface area contributed by atoms with Gasteiger partial charge in [-0.1, -0.05) is 19.8 Å². The number of hydrogen-bond donors (Lipinski definition) is 0. The van der Waals surface area contributed by atoms with Crippen LogP contribution in [0.2, 0.25) is 0 Å². The summed E-state index contributed by atoms with van der Waals surface area (Å²) in [6.07, 6.45) is 3.29. The van der Waals surface area contributed by atoms with Crippen LogP contribution in [0.4, 0.5) is 4.39 Å². The molecule has 0 saturated carbocycles. The highest BCUT2D eigenvalue weighted by Gasteiger charge is 2.03. The topological polar surface area (TPSA) is 33.0 Å². The molecule has 0 fully saturated rings. The van der Waals surface area contributed by atoms with Crippen LogP contribution in [0.25, 0.3) is 0 Å². The normalized spacial score (nSPS) is 10.1. The van der Waals surface area contributed by atoms with Crippen LogP contribution >= 0.6 is 0 Å². The Balaban J connectivity index is 2.46. The third kappa shape index (κ3) is 4.00. The molecule has 0 spiro atoms. The SMILES string of the molecule is CCCCCOCc1cc(F)ccc1C#N. The number of rotatable bonds is 6. The molecule has 0 radical (unpaired) electrons. The van der Waals surface area contributed by atoms with Gasteiger partial charge in [-0.3, -0.25) is 0 Å². The first-order chi connectivity index (χ1) is 7.77. The van der Waals surface area contributed by atoms with Crippen LogP contribution in [0.15, 0.2) is 18.2 Å². The summed E-state index contributed by atoms with van der Waals surface area (Å²) in [6, 6.07) is 6.16. The zero-order valence-electron chi connectivity index (χ0n) is 9.50. The van der Waals surface area contributed by atoms with Crippen molar-refractivity contribution in [3.63, 3.8) is 0 Å². The van der Waals surface area contributed by atoms with E-state index < -0.39 is 0 Å². The fourth-order valence-electron chi connectivity index (χ4n) is 1.43. The lowest BCUT2D eigenvalue weighted by atomic mass is 10.1. The molecule has 16 heavy (non-hydrogen) atoms. The Morgan fingerprint density at radius 1 is 1.38 bits per heavy atom. The van der Waals surface area contributed by atoms with Crippen molar-refractivity contribution in [1.29, 1.82) is 5.26 Å². The van der Waals surface area contributed by atoms with Gasteiger partial charge in [0, 0.05) is 6.61 Å². The average Bonchev–Trinajstić information content (AvgIpc) is 2.29. The molecule has 0 aromatic heterocycles. The van der Waals surface area contributed by atoms with Gasteiger partial charge in [0.15, 0.2) is 0 Å². The molecule has 0 saturated heterocycles. The maximum atomic E-state index is 12.9. The minimum atomic E-state index is -0.328. The van der Waals surface area contributed by atoms with Crippen molar-refractivity contribution in [3.05, 3.63) is 35.1 Å². The third-order valence-corrected chi connectivity index (χ3v) is 2.34. The molecule has 0 N–H and O–H groups in total. The summed E-state index contributed by atoms with van der Waals surface area (Å²) in [5, 5.41) is 8.82. The summed E-state index contributed by atoms with van der Waals surface area (Å²) in [7, 11) is 0. The molecule has 0 amide bonds. The lowest BCUT2D eigenvalue weighted by Gasteiger charge is -2.05. The zero-order valence-corrected chi connectivity index (χ0v) is 9.50. The van der Waals surface area contributed by atoms with Gasteiger partial charge in [-0.05, 0) is 30.2 Å². The maximum absolute atomic E-state index is 12.9. The molecule has 0 aliphatic carbocycles. The van der Waals surface area contributed by atoms with E-state index in [1.807, 2.05) is 6.07 Å². The van der Waals surface area contributed by atoms with Gasteiger partial charge in [0.1, 0.15) is 5.82 Å². The van der Waals surface area contributed by atoms with Crippen LogP contribution in [0.1, 0.15) is 37.3 Å². The van der Waals surface area contributed by atoms with Crippen molar-refractivity contribution in [2.75, 3.05) is 6.61 Å². The Hall–Kier alpha value is -1.40. The van der Waals surface area contributed by atoms with Crippen LogP contribution in [0, 0.1) is 17.1 Å². The fraction of sp³-hybridized carbons (Fsp3) is 0.462. The molecule has 0 aliphatic heterocycles. The molecular weight excluding hydrogens is 205 g/mol. The van der Waals surface area contributed by atoms with E-state index in [2.05, 4.69) is 6.92 Å². The van der Waals surface area contributed by atoms with Gasteiger partial charge in [-0.2, -0.15) is 5.26 Å². The lowest BCUT2D eigenvalue weighted by molar-refractivity contribution is 0.116. The first kappa shape index (κ1) is 12.7. The second kappa shape index (κ2) is 6.97. The third-order valence-electron chi connectivity index (χ3n) is 2.34. The van der Waals surface area contributed by atoms with E-state index in [9.17, 15) is 4.39 Å². The summed E-state index contributed by atoms with van der Waals surface area (Å²) in [5.74, 6) is -0.328. The van der Waals surface area contributed by atoms with Crippen LogP contribution in [0.5, 0.6) is 0 Å². The minimum absolute atomic E-state index is 0.310. The van der Waals surface area contributed by atoms with Crippen molar-refractivity contribution in [1.82, 2.24) is 0 Å². The molecule has 3 heteroatoms. The van der Waals surface area contributed by atoms with Gasteiger partial charge in [0.05, 0.1) is 18.2 Å². The lowest BCUT2D eigenvalue weighted by Crippen LogP contribution is -1.98. The van der Waals surface area contributed by atoms with Crippen LogP contribution in [-0.4, -0.2) is 6.61 Å². The summed E-state index contributed by atoms with van der Waals surface area (Å²) in [5.41, 5.74) is 1.11. The molecule has 1 rings (SSSR count). The van der Waals surface area contributed by atoms with Crippen LogP contribution in [0.3, 0.4) is 0 Å². The predicted molar refractivity (Wildman–Crippen MR) is 60.3 cm³/mol. The first-order valence-electron chi connectivity index (χ1n) is 5.54. The summed E-state index contributed by atoms with van der Waals surface area (Å²) in [6.45, 7) is 3.10. The Morgan fingerprint density at radius 2 is 2.19 bits per heavy atom. The van der Waals surface area contributed by atoms with Gasteiger partial charge in [0.2, 0.25) is 0 Å². The van der Waals surface area contributed by atoms with Crippen molar-refractivity contribution >= 4 is 0 Å². The van der Waals surface area contributed by atoms with Crippen molar-refractivity contribution < 1.29 is 9.13 Å². The quantitative estimate of drug-likeness (QED) is 0.690. The Morgan fingerprint density at radius 3 is 2.88 bits per heavy atom. The fourth-order valence-corrected chi connectivity index (χ4v) is 1.43. The molecule has 0 atom stereocenters. The van der Waals surface area contributed by atoms with E-state index in [1.165, 1.54) is 18.2 Å². The van der Waals surface area contributed by atoms with Gasteiger partial charge < -0.3 is 4.74 Å². The monoisotopic (exact) mass is 221 g/mol. The van der Waals surface area contributed by atoms with Crippen LogP contribution in [-0.2, 0) is 11.3 Å². The van der Waals surface area contributed by atoms with E-state index >= 15 is 0 Å². The Bertz CT molecular complexity index is 371. The van der Waals surface area contributed by atoms with E-state index in [-0.39, 0.29) is 5.82 Å². The van der Waals surface area contributed by atoms with Gasteiger partial charge in [0.25, 0.3) is 0 Å². The van der Waals surface area contributed by atoms with E-state index in [0.717, 1.165) is 19.3 Å². The number of ether oxygens (including phenoxy) is 1. The standard InChI is InChI=1S/C13H16FNO/c1-2-3-4-7-16-10-12-8-13(14)6-5-11(12)9-15/h5-6,8H,2-4,7,10H2,1H3. The van der Waals surface area contributed by atoms with Gasteiger partial charge in [-0.15, -0.1) is 0 Å². The highest BCUT2D eigenvalue weighted by molar-refractivity contribution is 5.37. The van der Waals surface area contributed by atoms with Crippen molar-refractivity contribution in [3.8, 4) is 6.07 Å². The summed E-state index contributed by atoms with van der Waals surface area (Å²) in [4.78, 5) is 0. The second-order valence-electron chi connectivity index (χ2n) is 3.67. The summed E-state index contributed by atoms with van der Waals surface area (Å²) >= 11 is 0. The maximum Gasteiger partial charge on any atom is 0.123 e. The van der Waals surface area contributed by atoms with Crippen molar-refractivity contribution in [2.45, 2.75) is 32.8 Å². The number of hydrogen-bond acceptors (Lipinski definition) is 2. The van der Waals surface area contributed by atoms with Crippen LogP contribution < -0.4 is 0 Å². The number of nitrogens with zero attached hydrogens (tertiary/aromatic N) is 1. The smallest absolute Gasteiger partial charge is 0.123 e. The Kier molecular flexibility index (Phi) is 5.52. The zero-order chi connectivity index (χ0) is 11.8. The van der Waals surface area contributed by atoms with Gasteiger partial charge >= 0.3 is 0 Å². The minimum Gasteiger partial charge on any atom is -0.377 e. The van der Waals surface area contributed by atoms with Crippen molar-refractivity contribution in [2.24, 2.45) is 0 Å². The second-order valence-corrected chi connectivity index (χ2v) is 3.67. The highest BCUT2D eigenvalue weighted by Crippen LogP contribution is 2.12. The first-order valence-corrected chi connectivity index (χ1v) is 5.54. The molecule has 0 bridgehead atoms.